The highest BCUT2D eigenvalue weighted by Gasteiger charge is 2.14. The highest BCUT2D eigenvalue weighted by Crippen LogP contribution is 2.25. The van der Waals surface area contributed by atoms with E-state index in [9.17, 15) is 9.59 Å². The number of carboxylic acids is 1. The molecular weight excluding hydrogens is 316 g/mol. The molecule has 0 bridgehead atoms. The predicted molar refractivity (Wildman–Crippen MR) is 87.4 cm³/mol. The highest BCUT2D eigenvalue weighted by atomic mass is 32.1. The smallest absolute Gasteiger partial charge is 0.303 e. The van der Waals surface area contributed by atoms with Gasteiger partial charge in [-0.25, -0.2) is 4.98 Å². The summed E-state index contributed by atoms with van der Waals surface area (Å²) in [6.07, 6.45) is 2.57. The van der Waals surface area contributed by atoms with Crippen LogP contribution in [0.2, 0.25) is 0 Å². The third-order valence-electron chi connectivity index (χ3n) is 3.34. The second-order valence-corrected chi connectivity index (χ2v) is 6.18. The number of nitrogens with one attached hydrogen (secondary N) is 1. The molecule has 124 valence electrons. The zero-order valence-electron chi connectivity index (χ0n) is 13.0. The molecule has 0 aliphatic carbocycles. The molecule has 0 aromatic carbocycles. The van der Waals surface area contributed by atoms with E-state index in [2.05, 4.69) is 10.3 Å². The minimum absolute atomic E-state index is 0.0997. The number of aliphatic carboxylic acids is 1. The van der Waals surface area contributed by atoms with E-state index in [1.807, 2.05) is 17.5 Å². The van der Waals surface area contributed by atoms with Gasteiger partial charge in [0.1, 0.15) is 5.76 Å². The number of hydrogen-bond acceptors (Lipinski definition) is 5. The van der Waals surface area contributed by atoms with Crippen molar-refractivity contribution in [2.24, 2.45) is 0 Å². The van der Waals surface area contributed by atoms with E-state index in [0.717, 1.165) is 17.7 Å². The Morgan fingerprint density at radius 3 is 2.87 bits per heavy atom. The van der Waals surface area contributed by atoms with Crippen LogP contribution in [0.5, 0.6) is 0 Å². The van der Waals surface area contributed by atoms with Crippen molar-refractivity contribution in [2.75, 3.05) is 6.54 Å². The zero-order chi connectivity index (χ0) is 16.7. The number of oxazole rings is 1. The number of thiophene rings is 1. The van der Waals surface area contributed by atoms with E-state index in [1.54, 1.807) is 18.3 Å². The van der Waals surface area contributed by atoms with Crippen LogP contribution in [0.3, 0.4) is 0 Å². The fourth-order valence-electron chi connectivity index (χ4n) is 2.12. The number of hydrogen-bond donors (Lipinski definition) is 2. The molecule has 0 atom stereocenters. The number of amides is 1. The number of aryl methyl sites for hydroxylation is 1. The molecule has 0 fully saturated rings. The van der Waals surface area contributed by atoms with Crippen LogP contribution in [0, 0.1) is 6.92 Å². The Kier molecular flexibility index (Phi) is 6.34. The maximum absolute atomic E-state index is 11.9. The van der Waals surface area contributed by atoms with E-state index in [1.165, 1.54) is 0 Å². The lowest BCUT2D eigenvalue weighted by Crippen LogP contribution is -2.26. The van der Waals surface area contributed by atoms with E-state index in [-0.39, 0.29) is 18.7 Å². The van der Waals surface area contributed by atoms with Crippen LogP contribution in [0.15, 0.2) is 21.9 Å². The normalized spacial score (nSPS) is 10.7. The average molecular weight is 336 g/mol. The van der Waals surface area contributed by atoms with Gasteiger partial charge in [-0.05, 0) is 31.2 Å². The summed E-state index contributed by atoms with van der Waals surface area (Å²) in [4.78, 5) is 27.6. The number of aromatic nitrogens is 1. The van der Waals surface area contributed by atoms with Gasteiger partial charge in [-0.2, -0.15) is 0 Å². The topological polar surface area (TPSA) is 92.4 Å². The fraction of sp³-hybridized carbons (Fsp3) is 0.438. The first-order chi connectivity index (χ1) is 11.1. The lowest BCUT2D eigenvalue weighted by molar-refractivity contribution is -0.137. The molecule has 2 aromatic rings. The Labute approximate surface area is 138 Å². The van der Waals surface area contributed by atoms with Gasteiger partial charge in [-0.15, -0.1) is 11.3 Å². The van der Waals surface area contributed by atoms with Crippen molar-refractivity contribution in [3.63, 3.8) is 0 Å². The van der Waals surface area contributed by atoms with Crippen LogP contribution in [0.25, 0.3) is 10.8 Å². The molecule has 23 heavy (non-hydrogen) atoms. The molecule has 7 heteroatoms. The van der Waals surface area contributed by atoms with E-state index in [0.29, 0.717) is 30.3 Å². The Balaban J connectivity index is 1.74. The second-order valence-electron chi connectivity index (χ2n) is 5.23. The number of carbonyl (C=O) groups excluding carboxylic acids is 1. The lowest BCUT2D eigenvalue weighted by Gasteiger charge is -2.03. The van der Waals surface area contributed by atoms with Gasteiger partial charge in [0.15, 0.2) is 0 Å². The molecule has 2 N–H and O–H groups in total. The van der Waals surface area contributed by atoms with Gasteiger partial charge in [0.25, 0.3) is 0 Å². The van der Waals surface area contributed by atoms with Gasteiger partial charge in [0.05, 0.1) is 17.0 Å². The fourth-order valence-corrected chi connectivity index (χ4v) is 2.77. The first kappa shape index (κ1) is 17.2. The van der Waals surface area contributed by atoms with E-state index in [4.69, 9.17) is 9.52 Å². The lowest BCUT2D eigenvalue weighted by atomic mass is 10.2. The Morgan fingerprint density at radius 1 is 1.35 bits per heavy atom. The van der Waals surface area contributed by atoms with Gasteiger partial charge in [0, 0.05) is 13.0 Å². The third-order valence-corrected chi connectivity index (χ3v) is 4.20. The van der Waals surface area contributed by atoms with Gasteiger partial charge in [-0.3, -0.25) is 9.59 Å². The minimum atomic E-state index is -0.780. The number of rotatable bonds is 9. The van der Waals surface area contributed by atoms with E-state index >= 15 is 0 Å². The standard InChI is InChI=1S/C16H20N2O4S/c1-11-12(18-16(22-11)13-6-5-9-23-13)10-14(19)17-8-4-2-3-7-15(20)21/h5-6,9H,2-4,7-8,10H2,1H3,(H,17,19)(H,20,21). The van der Waals surface area contributed by atoms with Crippen LogP contribution in [0.4, 0.5) is 0 Å². The Morgan fingerprint density at radius 2 is 2.17 bits per heavy atom. The predicted octanol–water partition coefficient (Wildman–Crippen LogP) is 3.02. The number of carboxylic acid groups (broad SMARTS) is 1. The molecule has 2 heterocycles. The maximum atomic E-state index is 11.9. The summed E-state index contributed by atoms with van der Waals surface area (Å²) >= 11 is 1.54. The van der Waals surface area contributed by atoms with Crippen molar-refractivity contribution in [2.45, 2.75) is 39.0 Å². The van der Waals surface area contributed by atoms with Crippen molar-refractivity contribution in [1.29, 1.82) is 0 Å². The van der Waals surface area contributed by atoms with Crippen molar-refractivity contribution in [3.8, 4) is 10.8 Å². The first-order valence-corrected chi connectivity index (χ1v) is 8.43. The van der Waals surface area contributed by atoms with Gasteiger partial charge < -0.3 is 14.8 Å². The Hall–Kier alpha value is -2.15. The van der Waals surface area contributed by atoms with Crippen LogP contribution in [-0.2, 0) is 16.0 Å². The summed E-state index contributed by atoms with van der Waals surface area (Å²) < 4.78 is 5.60. The van der Waals surface area contributed by atoms with Crippen molar-refractivity contribution >= 4 is 23.2 Å². The molecule has 6 nitrogen and oxygen atoms in total. The quantitative estimate of drug-likeness (QED) is 0.687. The second kappa shape index (κ2) is 8.47. The summed E-state index contributed by atoms with van der Waals surface area (Å²) in [5, 5.41) is 13.3. The summed E-state index contributed by atoms with van der Waals surface area (Å²) in [5.41, 5.74) is 0.650. The van der Waals surface area contributed by atoms with Crippen LogP contribution in [-0.4, -0.2) is 28.5 Å². The minimum Gasteiger partial charge on any atom is -0.481 e. The van der Waals surface area contributed by atoms with Crippen LogP contribution in [0.1, 0.15) is 37.1 Å². The van der Waals surface area contributed by atoms with E-state index < -0.39 is 5.97 Å². The monoisotopic (exact) mass is 336 g/mol. The molecule has 0 spiro atoms. The number of carbonyl (C=O) groups is 2. The summed E-state index contributed by atoms with van der Waals surface area (Å²) in [6, 6.07) is 3.85. The third kappa shape index (κ3) is 5.52. The molecule has 1 amide bonds. The van der Waals surface area contributed by atoms with Crippen molar-refractivity contribution in [1.82, 2.24) is 10.3 Å². The molecule has 0 saturated carbocycles. The van der Waals surface area contributed by atoms with Gasteiger partial charge >= 0.3 is 5.97 Å². The molecule has 0 aliphatic heterocycles. The largest absolute Gasteiger partial charge is 0.481 e. The van der Waals surface area contributed by atoms with Gasteiger partial charge in [-0.1, -0.05) is 12.5 Å². The molecular formula is C16H20N2O4S. The Bertz CT molecular complexity index is 649. The highest BCUT2D eigenvalue weighted by molar-refractivity contribution is 7.13. The summed E-state index contributed by atoms with van der Waals surface area (Å²) in [5.74, 6) is 0.327. The molecule has 2 aromatic heterocycles. The van der Waals surface area contributed by atoms with Gasteiger partial charge in [0.2, 0.25) is 11.8 Å². The first-order valence-electron chi connectivity index (χ1n) is 7.55. The summed E-state index contributed by atoms with van der Waals surface area (Å²) in [6.45, 7) is 2.35. The molecule has 0 saturated heterocycles. The van der Waals surface area contributed by atoms with Crippen molar-refractivity contribution in [3.05, 3.63) is 29.0 Å². The average Bonchev–Trinajstić information content (AvgIpc) is 3.13. The SMILES string of the molecule is Cc1oc(-c2cccs2)nc1CC(=O)NCCCCCC(=O)O. The number of nitrogens with zero attached hydrogens (tertiary/aromatic N) is 1. The maximum Gasteiger partial charge on any atom is 0.303 e. The molecule has 2 rings (SSSR count). The summed E-state index contributed by atoms with van der Waals surface area (Å²) in [7, 11) is 0. The molecule has 0 aliphatic rings. The van der Waals surface area contributed by atoms with Crippen molar-refractivity contribution < 1.29 is 19.1 Å². The number of unbranched alkanes of at least 4 members (excludes halogenated alkanes) is 2. The van der Waals surface area contributed by atoms with Crippen LogP contribution >= 0.6 is 11.3 Å². The molecule has 0 unspecified atom stereocenters. The molecule has 0 radical (unpaired) electrons. The van der Waals surface area contributed by atoms with Crippen LogP contribution < -0.4 is 5.32 Å². The zero-order valence-corrected chi connectivity index (χ0v) is 13.8.